The number of aryl methyl sites for hydroxylation is 2. The van der Waals surface area contributed by atoms with Crippen LogP contribution in [0.1, 0.15) is 24.2 Å². The van der Waals surface area contributed by atoms with Crippen LogP contribution in [0, 0.1) is 6.92 Å². The highest BCUT2D eigenvalue weighted by molar-refractivity contribution is 7.98. The summed E-state index contributed by atoms with van der Waals surface area (Å²) in [7, 11) is 0. The Morgan fingerprint density at radius 1 is 1.19 bits per heavy atom. The Balaban J connectivity index is 1.73. The molecule has 0 aliphatic carbocycles. The topological polar surface area (TPSA) is 67.6 Å². The monoisotopic (exact) mass is 300 g/mol. The van der Waals surface area contributed by atoms with Crippen molar-refractivity contribution >= 4 is 11.8 Å². The third-order valence-corrected chi connectivity index (χ3v) is 3.96. The van der Waals surface area contributed by atoms with Gasteiger partial charge >= 0.3 is 0 Å². The second-order valence-corrected chi connectivity index (χ2v) is 5.54. The first-order valence-corrected chi connectivity index (χ1v) is 7.80. The van der Waals surface area contributed by atoms with E-state index < -0.39 is 0 Å². The molecule has 3 aromatic rings. The van der Waals surface area contributed by atoms with Crippen LogP contribution in [0.3, 0.4) is 0 Å². The predicted octanol–water partition coefficient (Wildman–Crippen LogP) is 3.62. The highest BCUT2D eigenvalue weighted by atomic mass is 32.2. The summed E-state index contributed by atoms with van der Waals surface area (Å²) in [6, 6.07) is 9.91. The normalized spacial score (nSPS) is 11.0. The molecule has 0 amide bonds. The molecule has 21 heavy (non-hydrogen) atoms. The van der Waals surface area contributed by atoms with Gasteiger partial charge < -0.3 is 4.42 Å². The molecule has 3 rings (SSSR count). The number of aromatic amines is 1. The summed E-state index contributed by atoms with van der Waals surface area (Å²) in [5.41, 5.74) is 1.92. The summed E-state index contributed by atoms with van der Waals surface area (Å²) in [5, 5.41) is 7.82. The number of hydrogen-bond acceptors (Lipinski definition) is 5. The Morgan fingerprint density at radius 2 is 2.00 bits per heavy atom. The van der Waals surface area contributed by atoms with Crippen LogP contribution < -0.4 is 0 Å². The molecule has 0 unspecified atom stereocenters. The maximum Gasteiger partial charge on any atom is 0.226 e. The minimum absolute atomic E-state index is 0.660. The number of rotatable bonds is 5. The van der Waals surface area contributed by atoms with Gasteiger partial charge in [-0.3, -0.25) is 5.10 Å². The molecule has 0 saturated carbocycles. The van der Waals surface area contributed by atoms with Crippen LogP contribution in [0.4, 0.5) is 0 Å². The van der Waals surface area contributed by atoms with E-state index in [0.29, 0.717) is 11.6 Å². The molecule has 0 spiro atoms. The number of thioether (sulfide) groups is 1. The minimum atomic E-state index is 0.660. The zero-order chi connectivity index (χ0) is 14.7. The SMILES string of the molecule is CCc1nc(SCc2nc(-c3ccccc3)oc2C)n[nH]1. The van der Waals surface area contributed by atoms with E-state index >= 15 is 0 Å². The molecule has 0 aliphatic rings. The fourth-order valence-corrected chi connectivity index (χ4v) is 2.72. The number of nitrogens with one attached hydrogen (secondary N) is 1. The molecular weight excluding hydrogens is 284 g/mol. The van der Waals surface area contributed by atoms with E-state index in [-0.39, 0.29) is 0 Å². The minimum Gasteiger partial charge on any atom is -0.441 e. The third kappa shape index (κ3) is 3.16. The molecule has 0 atom stereocenters. The predicted molar refractivity (Wildman–Crippen MR) is 82.0 cm³/mol. The summed E-state index contributed by atoms with van der Waals surface area (Å²) in [6.45, 7) is 3.98. The summed E-state index contributed by atoms with van der Waals surface area (Å²) in [4.78, 5) is 8.95. The molecule has 2 aromatic heterocycles. The van der Waals surface area contributed by atoms with Crippen molar-refractivity contribution in [2.75, 3.05) is 0 Å². The van der Waals surface area contributed by atoms with Crippen LogP contribution in [-0.4, -0.2) is 20.2 Å². The molecule has 0 radical (unpaired) electrons. The molecule has 5 nitrogen and oxygen atoms in total. The van der Waals surface area contributed by atoms with Crippen molar-refractivity contribution in [1.82, 2.24) is 20.2 Å². The Bertz CT molecular complexity index is 720. The van der Waals surface area contributed by atoms with E-state index in [0.717, 1.165) is 34.4 Å². The summed E-state index contributed by atoms with van der Waals surface area (Å²) >= 11 is 1.56. The summed E-state index contributed by atoms with van der Waals surface area (Å²) in [5.74, 6) is 3.10. The zero-order valence-corrected chi connectivity index (χ0v) is 12.8. The van der Waals surface area contributed by atoms with Gasteiger partial charge in [-0.15, -0.1) is 5.10 Å². The number of benzene rings is 1. The van der Waals surface area contributed by atoms with Crippen molar-refractivity contribution in [3.8, 4) is 11.5 Å². The molecule has 108 valence electrons. The molecule has 0 aliphatic heterocycles. The van der Waals surface area contributed by atoms with Crippen molar-refractivity contribution < 1.29 is 4.42 Å². The van der Waals surface area contributed by atoms with Gasteiger partial charge in [0.05, 0.1) is 5.69 Å². The number of oxazole rings is 1. The lowest BCUT2D eigenvalue weighted by molar-refractivity contribution is 0.540. The van der Waals surface area contributed by atoms with Crippen molar-refractivity contribution in [2.45, 2.75) is 31.2 Å². The average molecular weight is 300 g/mol. The van der Waals surface area contributed by atoms with Gasteiger partial charge in [0.2, 0.25) is 11.0 Å². The molecule has 2 heterocycles. The van der Waals surface area contributed by atoms with Crippen LogP contribution in [-0.2, 0) is 12.2 Å². The van der Waals surface area contributed by atoms with E-state index in [2.05, 4.69) is 20.2 Å². The standard InChI is InChI=1S/C15H16N4OS/c1-3-13-17-15(19-18-13)21-9-12-10(2)20-14(16-12)11-7-5-4-6-8-11/h4-8H,3,9H2,1-2H3,(H,17,18,19). The second-order valence-electron chi connectivity index (χ2n) is 4.59. The van der Waals surface area contributed by atoms with Crippen LogP contribution in [0.2, 0.25) is 0 Å². The maximum absolute atomic E-state index is 5.74. The number of H-pyrrole nitrogens is 1. The lowest BCUT2D eigenvalue weighted by atomic mass is 10.2. The van der Waals surface area contributed by atoms with Crippen LogP contribution in [0.5, 0.6) is 0 Å². The Morgan fingerprint density at radius 3 is 2.71 bits per heavy atom. The van der Waals surface area contributed by atoms with Crippen molar-refractivity contribution in [3.63, 3.8) is 0 Å². The molecule has 1 N–H and O–H groups in total. The van der Waals surface area contributed by atoms with E-state index in [4.69, 9.17) is 4.42 Å². The first-order chi connectivity index (χ1) is 10.3. The average Bonchev–Trinajstić information content (AvgIpc) is 3.12. The van der Waals surface area contributed by atoms with E-state index in [1.807, 2.05) is 44.2 Å². The Kier molecular flexibility index (Phi) is 4.06. The summed E-state index contributed by atoms with van der Waals surface area (Å²) in [6.07, 6.45) is 0.856. The highest BCUT2D eigenvalue weighted by Crippen LogP contribution is 2.25. The highest BCUT2D eigenvalue weighted by Gasteiger charge is 2.12. The van der Waals surface area contributed by atoms with Gasteiger partial charge in [-0.2, -0.15) is 0 Å². The Hall–Kier alpha value is -2.08. The van der Waals surface area contributed by atoms with Gasteiger partial charge in [-0.05, 0) is 19.1 Å². The van der Waals surface area contributed by atoms with Crippen LogP contribution >= 0.6 is 11.8 Å². The van der Waals surface area contributed by atoms with Gasteiger partial charge in [0, 0.05) is 17.7 Å². The number of nitrogens with zero attached hydrogens (tertiary/aromatic N) is 3. The smallest absolute Gasteiger partial charge is 0.226 e. The molecular formula is C15H16N4OS. The van der Waals surface area contributed by atoms with Crippen LogP contribution in [0.15, 0.2) is 39.9 Å². The molecule has 0 saturated heterocycles. The van der Waals surface area contributed by atoms with Crippen LogP contribution in [0.25, 0.3) is 11.5 Å². The maximum atomic E-state index is 5.74. The van der Waals surface area contributed by atoms with Gasteiger partial charge in [0.25, 0.3) is 0 Å². The van der Waals surface area contributed by atoms with Gasteiger partial charge in [0.15, 0.2) is 0 Å². The van der Waals surface area contributed by atoms with Gasteiger partial charge in [0.1, 0.15) is 11.6 Å². The van der Waals surface area contributed by atoms with Crippen molar-refractivity contribution in [2.24, 2.45) is 0 Å². The Labute approximate surface area is 127 Å². The largest absolute Gasteiger partial charge is 0.441 e. The lowest BCUT2D eigenvalue weighted by Crippen LogP contribution is -1.86. The fraction of sp³-hybridized carbons (Fsp3) is 0.267. The van der Waals surface area contributed by atoms with E-state index in [9.17, 15) is 0 Å². The fourth-order valence-electron chi connectivity index (χ4n) is 1.90. The zero-order valence-electron chi connectivity index (χ0n) is 12.0. The van der Waals surface area contributed by atoms with Crippen molar-refractivity contribution in [1.29, 1.82) is 0 Å². The summed E-state index contributed by atoms with van der Waals surface area (Å²) < 4.78 is 5.74. The molecule has 0 bridgehead atoms. The molecule has 6 heteroatoms. The lowest BCUT2D eigenvalue weighted by Gasteiger charge is -1.93. The van der Waals surface area contributed by atoms with E-state index in [1.54, 1.807) is 11.8 Å². The third-order valence-electron chi connectivity index (χ3n) is 3.10. The number of hydrogen-bond donors (Lipinski definition) is 1. The quantitative estimate of drug-likeness (QED) is 0.729. The first-order valence-electron chi connectivity index (χ1n) is 6.82. The molecule has 1 aromatic carbocycles. The van der Waals surface area contributed by atoms with Gasteiger partial charge in [-0.25, -0.2) is 9.97 Å². The molecule has 0 fully saturated rings. The van der Waals surface area contributed by atoms with E-state index in [1.165, 1.54) is 0 Å². The van der Waals surface area contributed by atoms with Crippen molar-refractivity contribution in [3.05, 3.63) is 47.6 Å². The van der Waals surface area contributed by atoms with Gasteiger partial charge in [-0.1, -0.05) is 36.9 Å². The number of aromatic nitrogens is 4. The second kappa shape index (κ2) is 6.13. The first kappa shape index (κ1) is 13.9.